The van der Waals surface area contributed by atoms with Crippen molar-refractivity contribution in [1.82, 2.24) is 19.6 Å². The van der Waals surface area contributed by atoms with E-state index in [1.165, 1.54) is 41.1 Å². The van der Waals surface area contributed by atoms with Crippen LogP contribution < -0.4 is 24.4 Å². The van der Waals surface area contributed by atoms with Gasteiger partial charge in [0.1, 0.15) is 23.8 Å². The molecular weight excluding hydrogens is 918 g/mol. The number of sulfonamides is 1. The number of nitrogens with one attached hydrogen (secondary N) is 3. The number of H-pyrrole nitrogens is 1. The Labute approximate surface area is 393 Å². The predicted octanol–water partition coefficient (Wildman–Crippen LogP) is 8.77. The van der Waals surface area contributed by atoms with Crippen molar-refractivity contribution < 1.29 is 36.0 Å². The fourth-order valence-electron chi connectivity index (χ4n) is 8.87. The molecule has 9 rings (SSSR count). The number of piperazine rings is 1. The number of allylic oxidation sites excluding steroid dienone is 1. The standard InChI is InChI=1S/C48H48ClN7O9S2/c1-48(2)16-14-33(40(26-48)30-4-8-34(49)9-5-30)28-54-18-20-55(21-19-54)35-10-13-39(43(23-35)65-36-22-32-15-17-50-46(32)51-27-36)47(57)53-67(62,63)38-24-42(56(58)59)45-44(25-38)64-29-41(52-45)31-6-11-37(12-7-31)66(3,60)61/h4-13,15,17,22-25,27,41,52H,14,16,18-21,26,28-29H2,1-3H3,(H,50,51)(H,53,57)/t41-/m1/s1. The summed E-state index contributed by atoms with van der Waals surface area (Å²) in [6.07, 6.45) is 7.45. The molecule has 3 N–H and O–H groups in total. The number of pyridine rings is 1. The van der Waals surface area contributed by atoms with E-state index in [0.29, 0.717) is 35.1 Å². The second-order valence-electron chi connectivity index (χ2n) is 17.9. The number of halogens is 1. The molecule has 4 heterocycles. The summed E-state index contributed by atoms with van der Waals surface area (Å²) in [4.78, 5) is 37.3. The lowest BCUT2D eigenvalue weighted by atomic mass is 9.72. The van der Waals surface area contributed by atoms with Crippen LogP contribution in [-0.4, -0.2) is 88.1 Å². The van der Waals surface area contributed by atoms with Crippen LogP contribution >= 0.6 is 11.6 Å². The molecule has 3 aliphatic rings. The molecule has 2 aliphatic heterocycles. The molecule has 67 heavy (non-hydrogen) atoms. The number of nitrogens with zero attached hydrogens (tertiary/aromatic N) is 4. The van der Waals surface area contributed by atoms with Crippen LogP contribution in [0.4, 0.5) is 17.1 Å². The summed E-state index contributed by atoms with van der Waals surface area (Å²) in [6.45, 7) is 8.39. The SMILES string of the molecule is CC1(C)CCC(CN2CCN(c3ccc(C(=O)NS(=O)(=O)c4cc5c(c([N+](=O)[O-])c4)N[C@@H](c4ccc(S(C)(=O)=O)cc4)CO5)c(Oc4cnc5[nH]ccc5c4)c3)CC2)=C(c2ccc(Cl)cc2)C1. The van der Waals surface area contributed by atoms with Crippen LogP contribution in [0.5, 0.6) is 17.2 Å². The number of carbonyl (C=O) groups excluding carboxylic acids is 1. The Morgan fingerprint density at radius 3 is 2.43 bits per heavy atom. The number of aromatic amines is 1. The quantitative estimate of drug-likeness (QED) is 0.0776. The van der Waals surface area contributed by atoms with Gasteiger partial charge in [0.2, 0.25) is 0 Å². The van der Waals surface area contributed by atoms with Gasteiger partial charge in [0.05, 0.1) is 32.5 Å². The molecule has 4 aromatic carbocycles. The zero-order valence-electron chi connectivity index (χ0n) is 36.9. The van der Waals surface area contributed by atoms with Crippen LogP contribution in [0, 0.1) is 15.5 Å². The van der Waals surface area contributed by atoms with Gasteiger partial charge in [-0.05, 0) is 89.9 Å². The first-order valence-electron chi connectivity index (χ1n) is 21.7. The third-order valence-corrected chi connectivity index (χ3v) is 15.3. The molecule has 1 amide bonds. The van der Waals surface area contributed by atoms with Crippen molar-refractivity contribution in [3.8, 4) is 17.2 Å². The molecule has 1 fully saturated rings. The first-order valence-corrected chi connectivity index (χ1v) is 25.4. The number of rotatable bonds is 12. The lowest BCUT2D eigenvalue weighted by molar-refractivity contribution is -0.384. The maximum Gasteiger partial charge on any atom is 0.297 e. The van der Waals surface area contributed by atoms with E-state index in [0.717, 1.165) is 68.4 Å². The van der Waals surface area contributed by atoms with Gasteiger partial charge < -0.3 is 24.7 Å². The largest absolute Gasteiger partial charge is 0.489 e. The summed E-state index contributed by atoms with van der Waals surface area (Å²) in [5.41, 5.74) is 5.47. The van der Waals surface area contributed by atoms with Crippen molar-refractivity contribution in [2.75, 3.05) is 55.8 Å². The molecule has 348 valence electrons. The van der Waals surface area contributed by atoms with Crippen molar-refractivity contribution in [2.45, 2.75) is 48.9 Å². The second-order valence-corrected chi connectivity index (χ2v) is 22.1. The van der Waals surface area contributed by atoms with Crippen LogP contribution in [0.3, 0.4) is 0 Å². The minimum absolute atomic E-state index is 0.0639. The number of ether oxygens (including phenoxy) is 2. The summed E-state index contributed by atoms with van der Waals surface area (Å²) < 4.78 is 66.1. The summed E-state index contributed by atoms with van der Waals surface area (Å²) in [7, 11) is -8.19. The number of hydrogen-bond acceptors (Lipinski definition) is 13. The zero-order chi connectivity index (χ0) is 47.3. The Morgan fingerprint density at radius 2 is 1.72 bits per heavy atom. The maximum absolute atomic E-state index is 14.1. The number of anilines is 2. The van der Waals surface area contributed by atoms with Crippen LogP contribution in [0.15, 0.2) is 119 Å². The molecule has 0 spiro atoms. The molecule has 1 aliphatic carbocycles. The minimum Gasteiger partial charge on any atom is -0.489 e. The Bertz CT molecular complexity index is 3170. The summed E-state index contributed by atoms with van der Waals surface area (Å²) in [6, 6.07) is 24.0. The molecule has 0 saturated carbocycles. The third-order valence-electron chi connectivity index (χ3n) is 12.6. The average Bonchev–Trinajstić information content (AvgIpc) is 3.77. The molecule has 16 nitrogen and oxygen atoms in total. The number of hydrogen-bond donors (Lipinski definition) is 3. The Morgan fingerprint density at radius 1 is 0.970 bits per heavy atom. The molecular formula is C48H48ClN7O9S2. The Hall–Kier alpha value is -6.47. The van der Waals surface area contributed by atoms with E-state index in [2.05, 4.69) is 55.8 Å². The molecule has 6 aromatic rings. The molecule has 19 heteroatoms. The fourth-order valence-corrected chi connectivity index (χ4v) is 10.6. The highest BCUT2D eigenvalue weighted by Gasteiger charge is 2.34. The van der Waals surface area contributed by atoms with Crippen LogP contribution in [-0.2, 0) is 19.9 Å². The second kappa shape index (κ2) is 18.0. The molecule has 0 bridgehead atoms. The lowest BCUT2D eigenvalue weighted by Gasteiger charge is -2.39. The number of carbonyl (C=O) groups is 1. The van der Waals surface area contributed by atoms with Crippen LogP contribution in [0.25, 0.3) is 16.6 Å². The van der Waals surface area contributed by atoms with Gasteiger partial charge in [-0.15, -0.1) is 0 Å². The van der Waals surface area contributed by atoms with Crippen LogP contribution in [0.2, 0.25) is 5.02 Å². The highest BCUT2D eigenvalue weighted by atomic mass is 35.5. The summed E-state index contributed by atoms with van der Waals surface area (Å²) >= 11 is 6.24. The Kier molecular flexibility index (Phi) is 12.3. The minimum atomic E-state index is -4.74. The van der Waals surface area contributed by atoms with Gasteiger partial charge >= 0.3 is 0 Å². The average molecular weight is 967 g/mol. The van der Waals surface area contributed by atoms with Gasteiger partial charge in [0, 0.05) is 79.5 Å². The van der Waals surface area contributed by atoms with E-state index >= 15 is 0 Å². The van der Waals surface area contributed by atoms with Crippen molar-refractivity contribution in [3.05, 3.63) is 141 Å². The molecule has 2 aromatic heterocycles. The normalized spacial score (nSPS) is 17.6. The molecule has 1 atom stereocenters. The number of nitro benzene ring substituents is 1. The van der Waals surface area contributed by atoms with Crippen molar-refractivity contribution >= 4 is 71.0 Å². The third kappa shape index (κ3) is 9.98. The smallest absolute Gasteiger partial charge is 0.297 e. The number of fused-ring (bicyclic) bond motifs is 2. The van der Waals surface area contributed by atoms with Crippen molar-refractivity contribution in [1.29, 1.82) is 0 Å². The topological polar surface area (TPSA) is 206 Å². The van der Waals surface area contributed by atoms with Gasteiger partial charge in [-0.2, -0.15) is 0 Å². The first-order chi connectivity index (χ1) is 31.9. The molecule has 0 unspecified atom stereocenters. The van der Waals surface area contributed by atoms with Gasteiger partial charge in [-0.3, -0.25) is 19.8 Å². The summed E-state index contributed by atoms with van der Waals surface area (Å²) in [5, 5.41) is 16.9. The first kappa shape index (κ1) is 45.7. The highest BCUT2D eigenvalue weighted by molar-refractivity contribution is 7.90. The highest BCUT2D eigenvalue weighted by Crippen LogP contribution is 2.45. The van der Waals surface area contributed by atoms with E-state index in [9.17, 15) is 31.7 Å². The molecule has 0 radical (unpaired) electrons. The Balaban J connectivity index is 0.948. The van der Waals surface area contributed by atoms with Gasteiger partial charge in [-0.25, -0.2) is 26.5 Å². The fraction of sp³-hybridized carbons (Fsp3) is 0.292. The lowest BCUT2D eigenvalue weighted by Crippen LogP contribution is -2.47. The predicted molar refractivity (Wildman–Crippen MR) is 256 cm³/mol. The van der Waals surface area contributed by atoms with E-state index in [4.69, 9.17) is 21.1 Å². The van der Waals surface area contributed by atoms with Gasteiger partial charge in [0.25, 0.3) is 21.6 Å². The monoisotopic (exact) mass is 965 g/mol. The zero-order valence-corrected chi connectivity index (χ0v) is 39.3. The van der Waals surface area contributed by atoms with Crippen LogP contribution in [0.1, 0.15) is 60.6 Å². The number of amides is 1. The van der Waals surface area contributed by atoms with E-state index in [1.54, 1.807) is 36.5 Å². The summed E-state index contributed by atoms with van der Waals surface area (Å²) in [5.74, 6) is -0.759. The van der Waals surface area contributed by atoms with Gasteiger partial charge in [-0.1, -0.05) is 55.3 Å². The van der Waals surface area contributed by atoms with E-state index in [-0.39, 0.29) is 39.7 Å². The van der Waals surface area contributed by atoms with Crippen molar-refractivity contribution in [2.24, 2.45) is 5.41 Å². The maximum atomic E-state index is 14.1. The number of nitro groups is 1. The molecule has 1 saturated heterocycles. The number of aromatic nitrogens is 2. The number of benzene rings is 4. The number of sulfone groups is 1. The van der Waals surface area contributed by atoms with E-state index in [1.807, 2.05) is 18.2 Å². The van der Waals surface area contributed by atoms with Gasteiger partial charge in [0.15, 0.2) is 21.3 Å². The van der Waals surface area contributed by atoms with E-state index < -0.39 is 47.3 Å². The van der Waals surface area contributed by atoms with Crippen molar-refractivity contribution in [3.63, 3.8) is 0 Å².